The monoisotopic (exact) mass is 377 g/mol. The molecule has 1 aromatic rings. The minimum atomic E-state index is -3.08. The summed E-state index contributed by atoms with van der Waals surface area (Å²) in [5.74, 6) is -2.63. The number of hydrogen-bond acceptors (Lipinski definition) is 4. The van der Waals surface area contributed by atoms with Gasteiger partial charge in [-0.2, -0.15) is 8.78 Å². The molecule has 1 saturated heterocycles. The van der Waals surface area contributed by atoms with E-state index in [1.54, 1.807) is 4.90 Å². The van der Waals surface area contributed by atoms with Crippen molar-refractivity contribution in [3.8, 4) is 0 Å². The lowest BCUT2D eigenvalue weighted by Crippen LogP contribution is -2.41. The molecule has 0 aromatic heterocycles. The van der Waals surface area contributed by atoms with E-state index in [9.17, 15) is 22.0 Å². The fourth-order valence-electron chi connectivity index (χ4n) is 2.74. The quantitative estimate of drug-likeness (QED) is 0.683. The number of carbonyl (C=O) groups excluding carboxylic acids is 1. The highest BCUT2D eigenvalue weighted by molar-refractivity contribution is 7.99. The summed E-state index contributed by atoms with van der Waals surface area (Å²) in [5.41, 5.74) is 0.397. The SMILES string of the molecule is CCCCN(C(=O)c1ccc(SC(F)F)cc1)C1CCS(=O)(=O)C1. The molecule has 0 radical (unpaired) electrons. The second kappa shape index (κ2) is 8.29. The molecule has 1 atom stereocenters. The highest BCUT2D eigenvalue weighted by Crippen LogP contribution is 2.26. The first-order valence-electron chi connectivity index (χ1n) is 7.88. The summed E-state index contributed by atoms with van der Waals surface area (Å²) in [7, 11) is -3.08. The molecule has 1 amide bonds. The van der Waals surface area contributed by atoms with E-state index < -0.39 is 15.6 Å². The van der Waals surface area contributed by atoms with Gasteiger partial charge in [0, 0.05) is 23.0 Å². The average Bonchev–Trinajstić information content (AvgIpc) is 2.87. The van der Waals surface area contributed by atoms with E-state index >= 15 is 0 Å². The highest BCUT2D eigenvalue weighted by atomic mass is 32.2. The Morgan fingerprint density at radius 3 is 2.50 bits per heavy atom. The molecular weight excluding hydrogens is 356 g/mol. The van der Waals surface area contributed by atoms with Crippen LogP contribution in [0.5, 0.6) is 0 Å². The molecule has 24 heavy (non-hydrogen) atoms. The number of halogens is 2. The second-order valence-corrected chi connectivity index (χ2v) is 9.10. The van der Waals surface area contributed by atoms with Crippen molar-refractivity contribution in [2.75, 3.05) is 18.1 Å². The van der Waals surface area contributed by atoms with Crippen LogP contribution in [0.2, 0.25) is 0 Å². The standard InChI is InChI=1S/C16H21F2NO3S2/c1-2-3-9-19(13-8-10-24(21,22)11-13)15(20)12-4-6-14(7-5-12)23-16(17)18/h4-7,13,16H,2-3,8-11H2,1H3. The molecule has 4 nitrogen and oxygen atoms in total. The Hall–Kier alpha value is -1.15. The highest BCUT2D eigenvalue weighted by Gasteiger charge is 2.34. The number of hydrogen-bond donors (Lipinski definition) is 0. The van der Waals surface area contributed by atoms with Gasteiger partial charge in [0.1, 0.15) is 0 Å². The molecule has 134 valence electrons. The number of benzene rings is 1. The Labute approximate surface area is 145 Å². The molecule has 0 N–H and O–H groups in total. The summed E-state index contributed by atoms with van der Waals surface area (Å²) in [6.45, 7) is 2.51. The van der Waals surface area contributed by atoms with Crippen LogP contribution < -0.4 is 0 Å². The lowest BCUT2D eigenvalue weighted by atomic mass is 10.1. The Kier molecular flexibility index (Phi) is 6.62. The summed E-state index contributed by atoms with van der Waals surface area (Å²) < 4.78 is 48.1. The van der Waals surface area contributed by atoms with Crippen molar-refractivity contribution in [2.45, 2.75) is 42.9 Å². The van der Waals surface area contributed by atoms with Crippen LogP contribution in [0.4, 0.5) is 8.78 Å². The summed E-state index contributed by atoms with van der Waals surface area (Å²) in [4.78, 5) is 14.8. The van der Waals surface area contributed by atoms with Gasteiger partial charge in [0.05, 0.1) is 11.5 Å². The number of carbonyl (C=O) groups is 1. The van der Waals surface area contributed by atoms with Crippen molar-refractivity contribution in [3.63, 3.8) is 0 Å². The first kappa shape index (κ1) is 19.2. The Balaban J connectivity index is 2.15. The molecular formula is C16H21F2NO3S2. The molecule has 2 rings (SSSR count). The summed E-state index contributed by atoms with van der Waals surface area (Å²) in [6.07, 6.45) is 2.14. The number of alkyl halides is 2. The summed E-state index contributed by atoms with van der Waals surface area (Å²) >= 11 is 0.429. The van der Waals surface area contributed by atoms with Crippen molar-refractivity contribution in [1.29, 1.82) is 0 Å². The van der Waals surface area contributed by atoms with E-state index in [4.69, 9.17) is 0 Å². The van der Waals surface area contributed by atoms with Crippen LogP contribution in [0.3, 0.4) is 0 Å². The number of sulfone groups is 1. The van der Waals surface area contributed by atoms with Crippen molar-refractivity contribution < 1.29 is 22.0 Å². The molecule has 0 saturated carbocycles. The van der Waals surface area contributed by atoms with E-state index in [1.165, 1.54) is 24.3 Å². The van der Waals surface area contributed by atoms with Crippen LogP contribution in [0.15, 0.2) is 29.2 Å². The molecule has 8 heteroatoms. The Bertz CT molecular complexity index is 662. The molecule has 1 aliphatic rings. The predicted molar refractivity (Wildman–Crippen MR) is 91.3 cm³/mol. The Morgan fingerprint density at radius 2 is 2.00 bits per heavy atom. The number of unbranched alkanes of at least 4 members (excludes halogenated alkanes) is 1. The van der Waals surface area contributed by atoms with Gasteiger partial charge in [0.2, 0.25) is 0 Å². The zero-order valence-electron chi connectivity index (χ0n) is 13.5. The fraction of sp³-hybridized carbons (Fsp3) is 0.562. The van der Waals surface area contributed by atoms with Crippen molar-refractivity contribution in [2.24, 2.45) is 0 Å². The van der Waals surface area contributed by atoms with E-state index in [0.717, 1.165) is 12.8 Å². The van der Waals surface area contributed by atoms with Crippen molar-refractivity contribution in [3.05, 3.63) is 29.8 Å². The van der Waals surface area contributed by atoms with Crippen LogP contribution in [0.1, 0.15) is 36.5 Å². The largest absolute Gasteiger partial charge is 0.335 e. The minimum Gasteiger partial charge on any atom is -0.335 e. The third-order valence-electron chi connectivity index (χ3n) is 3.99. The smallest absolute Gasteiger partial charge is 0.288 e. The van der Waals surface area contributed by atoms with Gasteiger partial charge < -0.3 is 4.90 Å². The van der Waals surface area contributed by atoms with Crippen LogP contribution in [0, 0.1) is 0 Å². The molecule has 0 bridgehead atoms. The maximum absolute atomic E-state index is 12.8. The molecule has 1 aromatic carbocycles. The van der Waals surface area contributed by atoms with Crippen LogP contribution in [-0.4, -0.2) is 49.1 Å². The van der Waals surface area contributed by atoms with E-state index in [2.05, 4.69) is 0 Å². The molecule has 1 heterocycles. The lowest BCUT2D eigenvalue weighted by Gasteiger charge is -2.28. The van der Waals surface area contributed by atoms with E-state index in [0.29, 0.717) is 35.2 Å². The zero-order valence-corrected chi connectivity index (χ0v) is 15.1. The van der Waals surface area contributed by atoms with Crippen LogP contribution in [0.25, 0.3) is 0 Å². The number of nitrogens with zero attached hydrogens (tertiary/aromatic N) is 1. The number of rotatable bonds is 7. The number of thioether (sulfide) groups is 1. The maximum Gasteiger partial charge on any atom is 0.288 e. The molecule has 1 aliphatic heterocycles. The first-order valence-corrected chi connectivity index (χ1v) is 10.6. The first-order chi connectivity index (χ1) is 11.3. The molecule has 0 spiro atoms. The van der Waals surface area contributed by atoms with E-state index in [1.807, 2.05) is 6.92 Å². The summed E-state index contributed by atoms with van der Waals surface area (Å²) in [5, 5.41) is 0. The zero-order chi connectivity index (χ0) is 17.7. The normalized spacial score (nSPS) is 19.6. The molecule has 1 unspecified atom stereocenters. The van der Waals surface area contributed by atoms with Gasteiger partial charge in [0.15, 0.2) is 9.84 Å². The number of amides is 1. The minimum absolute atomic E-state index is 0.00176. The van der Waals surface area contributed by atoms with E-state index in [-0.39, 0.29) is 23.5 Å². The van der Waals surface area contributed by atoms with Crippen molar-refractivity contribution in [1.82, 2.24) is 4.90 Å². The van der Waals surface area contributed by atoms with Gasteiger partial charge in [-0.3, -0.25) is 4.79 Å². The topological polar surface area (TPSA) is 54.5 Å². The Morgan fingerprint density at radius 1 is 1.33 bits per heavy atom. The third kappa shape index (κ3) is 5.17. The van der Waals surface area contributed by atoms with Gasteiger partial charge in [-0.05, 0) is 37.1 Å². The van der Waals surface area contributed by atoms with Crippen LogP contribution >= 0.6 is 11.8 Å². The predicted octanol–water partition coefficient (Wildman–Crippen LogP) is 3.43. The third-order valence-corrected chi connectivity index (χ3v) is 6.46. The van der Waals surface area contributed by atoms with Gasteiger partial charge in [0.25, 0.3) is 11.7 Å². The van der Waals surface area contributed by atoms with Crippen LogP contribution in [-0.2, 0) is 9.84 Å². The second-order valence-electron chi connectivity index (χ2n) is 5.81. The van der Waals surface area contributed by atoms with Gasteiger partial charge in [-0.15, -0.1) is 0 Å². The lowest BCUT2D eigenvalue weighted by molar-refractivity contribution is 0.0694. The molecule has 0 aliphatic carbocycles. The van der Waals surface area contributed by atoms with Gasteiger partial charge in [-0.1, -0.05) is 25.1 Å². The fourth-order valence-corrected chi connectivity index (χ4v) is 4.97. The maximum atomic E-state index is 12.8. The molecule has 1 fully saturated rings. The van der Waals surface area contributed by atoms with Crippen molar-refractivity contribution >= 4 is 27.5 Å². The summed E-state index contributed by atoms with van der Waals surface area (Å²) in [6, 6.07) is 5.73. The van der Waals surface area contributed by atoms with Gasteiger partial charge in [-0.25, -0.2) is 8.42 Å². The van der Waals surface area contributed by atoms with Gasteiger partial charge >= 0.3 is 0 Å². The average molecular weight is 377 g/mol.